The monoisotopic (exact) mass is 518 g/mol. The van der Waals surface area contributed by atoms with E-state index in [0.717, 1.165) is 22.3 Å². The van der Waals surface area contributed by atoms with E-state index in [9.17, 15) is 19.2 Å². The quantitative estimate of drug-likeness (QED) is 0.339. The normalized spacial score (nSPS) is 13.5. The van der Waals surface area contributed by atoms with E-state index < -0.39 is 23.9 Å². The van der Waals surface area contributed by atoms with E-state index in [4.69, 9.17) is 9.57 Å². The second-order valence-corrected chi connectivity index (χ2v) is 9.33. The van der Waals surface area contributed by atoms with E-state index in [1.54, 1.807) is 25.1 Å². The Morgan fingerprint density at radius 1 is 0.769 bits per heavy atom. The summed E-state index contributed by atoms with van der Waals surface area (Å²) in [5.74, 6) is -2.56. The van der Waals surface area contributed by atoms with Gasteiger partial charge < -0.3 is 9.57 Å². The van der Waals surface area contributed by atoms with E-state index >= 15 is 0 Å². The number of nitrogens with one attached hydrogen (secondary N) is 1. The Balaban J connectivity index is 1.17. The zero-order valence-corrected chi connectivity index (χ0v) is 20.8. The van der Waals surface area contributed by atoms with Gasteiger partial charge in [0.25, 0.3) is 11.8 Å². The van der Waals surface area contributed by atoms with Crippen molar-refractivity contribution in [2.75, 3.05) is 11.9 Å². The van der Waals surface area contributed by atoms with Gasteiger partial charge in [0, 0.05) is 5.92 Å². The average Bonchev–Trinajstić information content (AvgIpc) is 3.40. The maximum Gasteiger partial charge on any atom is 0.411 e. The molecule has 8 nitrogen and oxygen atoms in total. The molecule has 6 rings (SSSR count). The van der Waals surface area contributed by atoms with Crippen LogP contribution in [0.1, 0.15) is 53.7 Å². The zero-order valence-electron chi connectivity index (χ0n) is 20.8. The lowest BCUT2D eigenvalue weighted by Gasteiger charge is -2.17. The topological polar surface area (TPSA) is 102 Å². The summed E-state index contributed by atoms with van der Waals surface area (Å²) in [7, 11) is 0. The summed E-state index contributed by atoms with van der Waals surface area (Å²) in [4.78, 5) is 56.4. The highest BCUT2D eigenvalue weighted by Crippen LogP contribution is 2.44. The van der Waals surface area contributed by atoms with Gasteiger partial charge in [0.1, 0.15) is 6.61 Å². The van der Waals surface area contributed by atoms with E-state index in [2.05, 4.69) is 5.32 Å². The molecule has 2 aliphatic rings. The highest BCUT2D eigenvalue weighted by Gasteiger charge is 2.39. The largest absolute Gasteiger partial charge is 0.448 e. The van der Waals surface area contributed by atoms with Crippen LogP contribution in [0.3, 0.4) is 0 Å². The van der Waals surface area contributed by atoms with Crippen LogP contribution in [0.4, 0.5) is 10.5 Å². The summed E-state index contributed by atoms with van der Waals surface area (Å²) < 4.78 is 5.60. The van der Waals surface area contributed by atoms with Crippen molar-refractivity contribution in [3.05, 3.63) is 124 Å². The molecule has 0 radical (unpaired) electrons. The number of imide groups is 1. The van der Waals surface area contributed by atoms with Gasteiger partial charge in [-0.2, -0.15) is 0 Å². The van der Waals surface area contributed by atoms with Gasteiger partial charge >= 0.3 is 12.1 Å². The van der Waals surface area contributed by atoms with Crippen molar-refractivity contribution in [1.82, 2.24) is 5.06 Å². The summed E-state index contributed by atoms with van der Waals surface area (Å²) in [6, 6.07) is 27.0. The van der Waals surface area contributed by atoms with Crippen molar-refractivity contribution in [2.45, 2.75) is 12.8 Å². The molecule has 192 valence electrons. The van der Waals surface area contributed by atoms with Crippen LogP contribution in [0, 0.1) is 6.92 Å². The number of ether oxygens (including phenoxy) is 1. The molecule has 1 aliphatic carbocycles. The molecule has 8 heteroatoms. The van der Waals surface area contributed by atoms with Crippen molar-refractivity contribution >= 4 is 29.6 Å². The first kappa shape index (κ1) is 24.1. The van der Waals surface area contributed by atoms with E-state index in [1.165, 1.54) is 24.3 Å². The van der Waals surface area contributed by atoms with Gasteiger partial charge in [-0.1, -0.05) is 77.4 Å². The zero-order chi connectivity index (χ0) is 27.1. The van der Waals surface area contributed by atoms with Crippen molar-refractivity contribution < 1.29 is 28.8 Å². The number of carbonyl (C=O) groups is 4. The molecule has 0 unspecified atom stereocenters. The molecule has 1 N–H and O–H groups in total. The van der Waals surface area contributed by atoms with Crippen LogP contribution in [-0.2, 0) is 9.57 Å². The number of rotatable bonds is 5. The maximum absolute atomic E-state index is 13.1. The van der Waals surface area contributed by atoms with Crippen molar-refractivity contribution in [3.63, 3.8) is 0 Å². The Bertz CT molecular complexity index is 1600. The fourth-order valence-corrected chi connectivity index (χ4v) is 5.06. The average molecular weight is 519 g/mol. The number of nitrogens with zero attached hydrogens (tertiary/aromatic N) is 1. The standard InChI is InChI=1S/C31H22N2O6/c1-18-14-15-27(25(16-18)30(36)39-33-28(34)23-12-6-7-13-24(23)29(33)35)32-31(37)38-17-26-21-10-4-2-8-19(21)20-9-3-5-11-22(20)26/h2-16,26H,17H2,1H3,(H,32,37). The highest BCUT2D eigenvalue weighted by molar-refractivity contribution is 6.21. The molecule has 39 heavy (non-hydrogen) atoms. The van der Waals surface area contributed by atoms with Gasteiger partial charge in [-0.15, -0.1) is 0 Å². The third-order valence-electron chi connectivity index (χ3n) is 6.91. The molecule has 1 heterocycles. The number of hydrogen-bond donors (Lipinski definition) is 1. The van der Waals surface area contributed by atoms with Crippen LogP contribution in [0.5, 0.6) is 0 Å². The third-order valence-corrected chi connectivity index (χ3v) is 6.91. The van der Waals surface area contributed by atoms with Gasteiger partial charge in [0.15, 0.2) is 0 Å². The van der Waals surface area contributed by atoms with Gasteiger partial charge in [0.2, 0.25) is 0 Å². The van der Waals surface area contributed by atoms with E-state index in [0.29, 0.717) is 10.6 Å². The number of fused-ring (bicyclic) bond motifs is 4. The summed E-state index contributed by atoms with van der Waals surface area (Å²) in [6.07, 6.45) is -0.754. The number of benzene rings is 4. The molecule has 0 fully saturated rings. The molecule has 0 saturated heterocycles. The molecule has 1 aliphatic heterocycles. The summed E-state index contributed by atoms with van der Waals surface area (Å²) in [5.41, 5.74) is 5.48. The van der Waals surface area contributed by atoms with Crippen molar-refractivity contribution in [3.8, 4) is 11.1 Å². The van der Waals surface area contributed by atoms with Crippen molar-refractivity contribution in [1.29, 1.82) is 0 Å². The Hall–Kier alpha value is -5.24. The predicted molar refractivity (Wildman–Crippen MR) is 142 cm³/mol. The van der Waals surface area contributed by atoms with Crippen LogP contribution in [0.25, 0.3) is 11.1 Å². The lowest BCUT2D eigenvalue weighted by molar-refractivity contribution is -0.0583. The Kier molecular flexibility index (Phi) is 5.92. The van der Waals surface area contributed by atoms with Gasteiger partial charge in [-0.3, -0.25) is 14.9 Å². The Labute approximate surface area is 223 Å². The van der Waals surface area contributed by atoms with E-state index in [-0.39, 0.29) is 34.9 Å². The Morgan fingerprint density at radius 3 is 1.90 bits per heavy atom. The molecule has 4 aromatic rings. The fourth-order valence-electron chi connectivity index (χ4n) is 5.06. The van der Waals surface area contributed by atoms with E-state index in [1.807, 2.05) is 48.5 Å². The Morgan fingerprint density at radius 2 is 1.31 bits per heavy atom. The molecule has 0 bridgehead atoms. The van der Waals surface area contributed by atoms with Crippen molar-refractivity contribution in [2.24, 2.45) is 0 Å². The molecule has 0 saturated carbocycles. The number of aryl methyl sites for hydroxylation is 1. The summed E-state index contributed by atoms with van der Waals surface area (Å²) in [5, 5.41) is 3.04. The number of carbonyl (C=O) groups excluding carboxylic acids is 4. The first-order valence-electron chi connectivity index (χ1n) is 12.3. The molecule has 0 atom stereocenters. The first-order chi connectivity index (χ1) is 18.9. The van der Waals surface area contributed by atoms with Crippen LogP contribution < -0.4 is 5.32 Å². The number of hydrogen-bond acceptors (Lipinski definition) is 6. The second kappa shape index (κ2) is 9.57. The first-order valence-corrected chi connectivity index (χ1v) is 12.3. The van der Waals surface area contributed by atoms with Crippen LogP contribution in [0.2, 0.25) is 0 Å². The lowest BCUT2D eigenvalue weighted by atomic mass is 9.98. The highest BCUT2D eigenvalue weighted by atomic mass is 16.7. The molecule has 0 spiro atoms. The lowest BCUT2D eigenvalue weighted by Crippen LogP contribution is -2.33. The van der Waals surface area contributed by atoms with Gasteiger partial charge in [0.05, 0.1) is 22.4 Å². The van der Waals surface area contributed by atoms with Gasteiger partial charge in [-0.25, -0.2) is 9.59 Å². The van der Waals surface area contributed by atoms with Crippen LogP contribution >= 0.6 is 0 Å². The van der Waals surface area contributed by atoms with Gasteiger partial charge in [-0.05, 0) is 53.4 Å². The number of anilines is 1. The number of amides is 3. The molecular formula is C31H22N2O6. The second-order valence-electron chi connectivity index (χ2n) is 9.33. The molecule has 3 amide bonds. The summed E-state index contributed by atoms with van der Waals surface area (Å²) in [6.45, 7) is 1.86. The fraction of sp³-hybridized carbons (Fsp3) is 0.0968. The minimum absolute atomic E-state index is 0.0277. The summed E-state index contributed by atoms with van der Waals surface area (Å²) >= 11 is 0. The number of hydroxylamine groups is 2. The minimum atomic E-state index is -0.970. The van der Waals surface area contributed by atoms with Crippen LogP contribution in [-0.4, -0.2) is 35.5 Å². The molecule has 0 aromatic heterocycles. The third kappa shape index (κ3) is 4.21. The predicted octanol–water partition coefficient (Wildman–Crippen LogP) is 5.72. The van der Waals surface area contributed by atoms with Crippen LogP contribution in [0.15, 0.2) is 91.0 Å². The SMILES string of the molecule is Cc1ccc(NC(=O)OCC2c3ccccc3-c3ccccc32)c(C(=O)ON2C(=O)c3ccccc3C2=O)c1. The minimum Gasteiger partial charge on any atom is -0.448 e. The molecular weight excluding hydrogens is 496 g/mol. The maximum atomic E-state index is 13.1. The smallest absolute Gasteiger partial charge is 0.411 e. The molecule has 4 aromatic carbocycles.